The zero-order valence-corrected chi connectivity index (χ0v) is 4.37. The number of quaternary nitrogens is 1. The van der Waals surface area contributed by atoms with E-state index in [0.717, 1.165) is 0 Å². The third-order valence-electron chi connectivity index (χ3n) is 0.129. The summed E-state index contributed by atoms with van der Waals surface area (Å²) in [5, 5.41) is 9.18. The van der Waals surface area contributed by atoms with E-state index in [4.69, 9.17) is 0 Å². The number of carbonyl (C=O) groups excluding carboxylic acids is 1. The van der Waals surface area contributed by atoms with Gasteiger partial charge in [0.1, 0.15) is 0 Å². The van der Waals surface area contributed by atoms with Gasteiger partial charge in [0.25, 0.3) is 0 Å². The summed E-state index contributed by atoms with van der Waals surface area (Å²) in [5.41, 5.74) is 0. The molecule has 0 heterocycles. The van der Waals surface area contributed by atoms with Gasteiger partial charge < -0.3 is 16.1 Å². The van der Waals surface area contributed by atoms with Crippen molar-refractivity contribution in [2.45, 2.75) is 0 Å². The third-order valence-corrected chi connectivity index (χ3v) is 0.387. The van der Waals surface area contributed by atoms with Gasteiger partial charge in [-0.3, -0.25) is 0 Å². The first-order chi connectivity index (χ1) is 2.27. The summed E-state index contributed by atoms with van der Waals surface area (Å²) in [5.74, 6) is -1.33. The number of hydrogen-bond acceptors (Lipinski definition) is 3. The average molecular weight is 109 g/mol. The fourth-order valence-electron chi connectivity index (χ4n) is 0. The molecule has 0 aromatic heterocycles. The highest BCUT2D eigenvalue weighted by molar-refractivity contribution is 7.81. The summed E-state index contributed by atoms with van der Waals surface area (Å²) >= 11 is 3.35. The van der Waals surface area contributed by atoms with Crippen molar-refractivity contribution in [1.29, 1.82) is 0 Å². The summed E-state index contributed by atoms with van der Waals surface area (Å²) in [6.07, 6.45) is 0. The zero-order chi connectivity index (χ0) is 4.28. The number of carboxylic acids is 1. The first-order valence-electron chi connectivity index (χ1n) is 1.08. The zero-order valence-electron chi connectivity index (χ0n) is 3.47. The maximum absolute atomic E-state index is 9.18. The summed E-state index contributed by atoms with van der Waals surface area (Å²) in [7, 11) is 0. The van der Waals surface area contributed by atoms with Gasteiger partial charge in [-0.1, -0.05) is 0 Å². The fourth-order valence-corrected chi connectivity index (χ4v) is 0. The smallest absolute Gasteiger partial charge is 0.0510 e. The van der Waals surface area contributed by atoms with Crippen LogP contribution in [0, 0.1) is 0 Å². The minimum Gasteiger partial charge on any atom is -0.549 e. The molecule has 0 saturated carbocycles. The number of carboxylic acid groups (broad SMARTS) is 1. The van der Waals surface area contributed by atoms with Crippen molar-refractivity contribution >= 4 is 18.6 Å². The molecule has 0 spiro atoms. The molecule has 0 aliphatic carbocycles. The van der Waals surface area contributed by atoms with Gasteiger partial charge in [0.05, 0.1) is 5.97 Å². The van der Waals surface area contributed by atoms with E-state index in [1.165, 1.54) is 0 Å². The van der Waals surface area contributed by atoms with Gasteiger partial charge in [0.15, 0.2) is 0 Å². The van der Waals surface area contributed by atoms with Gasteiger partial charge in [-0.05, 0) is 0 Å². The second-order valence-corrected chi connectivity index (χ2v) is 0.846. The number of aliphatic carboxylic acids is 1. The molecular weight excluding hydrogens is 102 g/mol. The SMILES string of the molecule is O=C([O-])CS.[NH4+]. The Bertz CT molecular complexity index is 46.8. The second-order valence-electron chi connectivity index (χ2n) is 0.530. The van der Waals surface area contributed by atoms with E-state index in [2.05, 4.69) is 12.6 Å². The van der Waals surface area contributed by atoms with Crippen LogP contribution < -0.4 is 11.3 Å². The molecule has 0 aliphatic rings. The lowest BCUT2D eigenvalue weighted by molar-refractivity contribution is -0.301. The van der Waals surface area contributed by atoms with Gasteiger partial charge in [-0.25, -0.2) is 0 Å². The van der Waals surface area contributed by atoms with Crippen LogP contribution in [-0.4, -0.2) is 11.7 Å². The van der Waals surface area contributed by atoms with Gasteiger partial charge in [-0.15, -0.1) is 0 Å². The first-order valence-corrected chi connectivity index (χ1v) is 1.71. The number of carbonyl (C=O) groups is 1. The van der Waals surface area contributed by atoms with Crippen molar-refractivity contribution < 1.29 is 9.90 Å². The predicted molar refractivity (Wildman–Crippen MR) is 24.8 cm³/mol. The lowest BCUT2D eigenvalue weighted by Gasteiger charge is -1.86. The van der Waals surface area contributed by atoms with Crippen molar-refractivity contribution in [2.75, 3.05) is 5.75 Å². The molecule has 0 aliphatic heterocycles. The molecule has 0 aromatic rings. The van der Waals surface area contributed by atoms with E-state index in [0.29, 0.717) is 0 Å². The van der Waals surface area contributed by atoms with Crippen LogP contribution in [0.4, 0.5) is 0 Å². The average Bonchev–Trinajstić information content (AvgIpc) is 1.38. The van der Waals surface area contributed by atoms with E-state index >= 15 is 0 Å². The lowest BCUT2D eigenvalue weighted by Crippen LogP contribution is -2.23. The van der Waals surface area contributed by atoms with E-state index in [9.17, 15) is 9.90 Å². The highest BCUT2D eigenvalue weighted by Crippen LogP contribution is 1.62. The second kappa shape index (κ2) is 4.78. The van der Waals surface area contributed by atoms with Crippen molar-refractivity contribution in [3.8, 4) is 0 Å². The number of thiol groups is 1. The molecule has 0 atom stereocenters. The van der Waals surface area contributed by atoms with E-state index in [-0.39, 0.29) is 11.9 Å². The molecule has 38 valence electrons. The quantitative estimate of drug-likeness (QED) is 0.425. The Balaban J connectivity index is 0. The van der Waals surface area contributed by atoms with Crippen LogP contribution in [-0.2, 0) is 4.79 Å². The normalized spacial score (nSPS) is 6.17. The fraction of sp³-hybridized carbons (Fsp3) is 0.500. The molecule has 3 nitrogen and oxygen atoms in total. The Morgan fingerprint density at radius 2 is 2.00 bits per heavy atom. The molecule has 0 radical (unpaired) electrons. The summed E-state index contributed by atoms with van der Waals surface area (Å²) < 4.78 is 0. The van der Waals surface area contributed by atoms with Gasteiger partial charge in [0, 0.05) is 5.75 Å². The maximum atomic E-state index is 9.18. The van der Waals surface area contributed by atoms with Crippen LogP contribution in [0.5, 0.6) is 0 Å². The topological polar surface area (TPSA) is 76.6 Å². The maximum Gasteiger partial charge on any atom is 0.0510 e. The number of rotatable bonds is 1. The predicted octanol–water partition coefficient (Wildman–Crippen LogP) is -0.958. The van der Waals surface area contributed by atoms with Crippen LogP contribution in [0.25, 0.3) is 0 Å². The molecule has 0 saturated heterocycles. The van der Waals surface area contributed by atoms with Crippen molar-refractivity contribution in [3.63, 3.8) is 0 Å². The molecule has 6 heavy (non-hydrogen) atoms. The highest BCUT2D eigenvalue weighted by Gasteiger charge is 1.66. The van der Waals surface area contributed by atoms with Crippen LogP contribution in [0.2, 0.25) is 0 Å². The summed E-state index contributed by atoms with van der Waals surface area (Å²) in [4.78, 5) is 9.18. The molecule has 0 unspecified atom stereocenters. The van der Waals surface area contributed by atoms with Crippen LogP contribution in [0.15, 0.2) is 0 Å². The lowest BCUT2D eigenvalue weighted by atomic mass is 10.8. The Morgan fingerprint density at radius 1 is 1.83 bits per heavy atom. The Morgan fingerprint density at radius 3 is 2.00 bits per heavy atom. The van der Waals surface area contributed by atoms with Crippen LogP contribution >= 0.6 is 12.6 Å². The molecule has 0 fully saturated rings. The van der Waals surface area contributed by atoms with Crippen LogP contribution in [0.3, 0.4) is 0 Å². The van der Waals surface area contributed by atoms with Crippen LogP contribution in [0.1, 0.15) is 0 Å². The molecule has 4 N–H and O–H groups in total. The Labute approximate surface area is 41.4 Å². The largest absolute Gasteiger partial charge is 0.549 e. The summed E-state index contributed by atoms with van der Waals surface area (Å²) in [6.45, 7) is 0. The first kappa shape index (κ1) is 9.24. The third kappa shape index (κ3) is 9.22. The molecule has 0 bridgehead atoms. The van der Waals surface area contributed by atoms with Gasteiger partial charge in [0.2, 0.25) is 0 Å². The van der Waals surface area contributed by atoms with E-state index in [1.54, 1.807) is 0 Å². The Kier molecular flexibility index (Phi) is 7.36. The monoisotopic (exact) mass is 109 g/mol. The minimum atomic E-state index is -1.13. The summed E-state index contributed by atoms with van der Waals surface area (Å²) in [6, 6.07) is 0. The van der Waals surface area contributed by atoms with Crippen molar-refractivity contribution in [1.82, 2.24) is 6.15 Å². The van der Waals surface area contributed by atoms with Gasteiger partial charge >= 0.3 is 0 Å². The van der Waals surface area contributed by atoms with Gasteiger partial charge in [-0.2, -0.15) is 12.6 Å². The molecular formula is C2H7NO2S. The van der Waals surface area contributed by atoms with Crippen molar-refractivity contribution in [2.24, 2.45) is 0 Å². The standard InChI is InChI=1S/C2H4O2S.H3N/c3-2(4)1-5;/h5H,1H2,(H,3,4);1H3. The number of hydrogen-bond donors (Lipinski definition) is 2. The minimum absolute atomic E-state index is 0. The molecule has 0 aromatic carbocycles. The molecule has 4 heteroatoms. The highest BCUT2D eigenvalue weighted by atomic mass is 32.1. The van der Waals surface area contributed by atoms with E-state index in [1.807, 2.05) is 0 Å². The van der Waals surface area contributed by atoms with Crippen molar-refractivity contribution in [3.05, 3.63) is 0 Å². The molecule has 0 amide bonds. The Hall–Kier alpha value is -0.220. The van der Waals surface area contributed by atoms with E-state index < -0.39 is 5.97 Å². The molecule has 0 rings (SSSR count).